The van der Waals surface area contributed by atoms with E-state index in [1.807, 2.05) is 19.1 Å². The van der Waals surface area contributed by atoms with Gasteiger partial charge in [-0.2, -0.15) is 0 Å². The zero-order chi connectivity index (χ0) is 9.68. The Morgan fingerprint density at radius 1 is 1.62 bits per heavy atom. The lowest BCUT2D eigenvalue weighted by Crippen LogP contribution is -2.11. The Balaban J connectivity index is 2.63. The Bertz CT molecular complexity index is 297. The third-order valence-electron chi connectivity index (χ3n) is 1.79. The number of hydrogen-bond acceptors (Lipinski definition) is 3. The number of ether oxygens (including phenoxy) is 1. The molecule has 0 saturated carbocycles. The van der Waals surface area contributed by atoms with E-state index in [1.165, 1.54) is 7.11 Å². The van der Waals surface area contributed by atoms with Crippen molar-refractivity contribution in [2.45, 2.75) is 13.3 Å². The van der Waals surface area contributed by atoms with Crippen LogP contribution in [0, 0.1) is 6.92 Å². The summed E-state index contributed by atoms with van der Waals surface area (Å²) in [6.45, 7) is 2.11. The average molecular weight is 179 g/mol. The highest BCUT2D eigenvalue weighted by molar-refractivity contribution is 5.81. The molecule has 0 aliphatic rings. The molecule has 0 spiro atoms. The number of aromatic nitrogens is 1. The number of carbonyl (C=O) groups excluding carboxylic acids is 1. The fraction of sp³-hybridized carbons (Fsp3) is 0.400. The van der Waals surface area contributed by atoms with Gasteiger partial charge in [-0.15, -0.1) is 0 Å². The van der Waals surface area contributed by atoms with Gasteiger partial charge >= 0.3 is 0 Å². The Kier molecular flexibility index (Phi) is 3.58. The van der Waals surface area contributed by atoms with Crippen molar-refractivity contribution in [2.24, 2.45) is 0 Å². The second-order valence-corrected chi connectivity index (χ2v) is 2.92. The Morgan fingerprint density at radius 3 is 3.00 bits per heavy atom. The molecule has 0 aliphatic heterocycles. The molecular formula is C10H13NO2. The SMILES string of the molecule is COCC(=O)Cc1ncccc1C. The van der Waals surface area contributed by atoms with Crippen LogP contribution in [-0.2, 0) is 16.0 Å². The normalized spacial score (nSPS) is 10.0. The van der Waals surface area contributed by atoms with E-state index < -0.39 is 0 Å². The second-order valence-electron chi connectivity index (χ2n) is 2.92. The molecule has 0 aliphatic carbocycles. The van der Waals surface area contributed by atoms with E-state index in [-0.39, 0.29) is 12.4 Å². The van der Waals surface area contributed by atoms with Gasteiger partial charge in [0.1, 0.15) is 6.61 Å². The largest absolute Gasteiger partial charge is 0.377 e. The number of pyridine rings is 1. The number of aryl methyl sites for hydroxylation is 1. The summed E-state index contributed by atoms with van der Waals surface area (Å²) in [7, 11) is 1.52. The van der Waals surface area contributed by atoms with Gasteiger partial charge in [0.05, 0.1) is 12.1 Å². The summed E-state index contributed by atoms with van der Waals surface area (Å²) in [4.78, 5) is 15.3. The molecule has 0 N–H and O–H groups in total. The topological polar surface area (TPSA) is 39.2 Å². The van der Waals surface area contributed by atoms with Crippen molar-refractivity contribution >= 4 is 5.78 Å². The van der Waals surface area contributed by atoms with Crippen molar-refractivity contribution in [3.8, 4) is 0 Å². The number of nitrogens with zero attached hydrogens (tertiary/aromatic N) is 1. The van der Waals surface area contributed by atoms with E-state index in [9.17, 15) is 4.79 Å². The Hall–Kier alpha value is -1.22. The van der Waals surface area contributed by atoms with E-state index in [0.717, 1.165) is 11.3 Å². The smallest absolute Gasteiger partial charge is 0.164 e. The first kappa shape index (κ1) is 9.86. The number of hydrogen-bond donors (Lipinski definition) is 0. The molecule has 0 unspecified atom stereocenters. The summed E-state index contributed by atoms with van der Waals surface area (Å²) in [6.07, 6.45) is 2.06. The summed E-state index contributed by atoms with van der Waals surface area (Å²) >= 11 is 0. The van der Waals surface area contributed by atoms with Gasteiger partial charge in [-0.05, 0) is 18.6 Å². The first-order chi connectivity index (χ1) is 6.24. The summed E-state index contributed by atoms with van der Waals surface area (Å²) in [5.41, 5.74) is 1.89. The van der Waals surface area contributed by atoms with Gasteiger partial charge in [-0.1, -0.05) is 6.07 Å². The van der Waals surface area contributed by atoms with Crippen LogP contribution in [0.15, 0.2) is 18.3 Å². The highest BCUT2D eigenvalue weighted by atomic mass is 16.5. The second kappa shape index (κ2) is 4.72. The van der Waals surface area contributed by atoms with Crippen molar-refractivity contribution < 1.29 is 9.53 Å². The van der Waals surface area contributed by atoms with E-state index in [4.69, 9.17) is 4.74 Å². The molecule has 0 aromatic carbocycles. The molecule has 3 nitrogen and oxygen atoms in total. The van der Waals surface area contributed by atoms with Gasteiger partial charge in [0, 0.05) is 13.3 Å². The van der Waals surface area contributed by atoms with Crippen LogP contribution in [0.3, 0.4) is 0 Å². The number of Topliss-reactive ketones (excluding diaryl/α,β-unsaturated/α-hetero) is 1. The fourth-order valence-electron chi connectivity index (χ4n) is 1.10. The fourth-order valence-corrected chi connectivity index (χ4v) is 1.10. The zero-order valence-corrected chi connectivity index (χ0v) is 7.91. The molecule has 1 rings (SSSR count). The first-order valence-electron chi connectivity index (χ1n) is 4.15. The maximum absolute atomic E-state index is 11.2. The van der Waals surface area contributed by atoms with E-state index in [0.29, 0.717) is 6.42 Å². The zero-order valence-electron chi connectivity index (χ0n) is 7.91. The van der Waals surface area contributed by atoms with Crippen LogP contribution < -0.4 is 0 Å². The van der Waals surface area contributed by atoms with Crippen LogP contribution in [-0.4, -0.2) is 24.5 Å². The van der Waals surface area contributed by atoms with Gasteiger partial charge in [-0.3, -0.25) is 9.78 Å². The lowest BCUT2D eigenvalue weighted by molar-refractivity contribution is -0.122. The molecule has 0 atom stereocenters. The molecule has 0 bridgehead atoms. The highest BCUT2D eigenvalue weighted by Crippen LogP contribution is 2.04. The highest BCUT2D eigenvalue weighted by Gasteiger charge is 2.05. The molecule has 3 heteroatoms. The maximum atomic E-state index is 11.2. The molecule has 13 heavy (non-hydrogen) atoms. The molecule has 1 aromatic heterocycles. The van der Waals surface area contributed by atoms with Crippen LogP contribution in [0.5, 0.6) is 0 Å². The van der Waals surface area contributed by atoms with Crippen LogP contribution >= 0.6 is 0 Å². The molecule has 1 heterocycles. The van der Waals surface area contributed by atoms with Gasteiger partial charge < -0.3 is 4.74 Å². The molecule has 70 valence electrons. The van der Waals surface area contributed by atoms with Crippen molar-refractivity contribution in [1.82, 2.24) is 4.98 Å². The van der Waals surface area contributed by atoms with Gasteiger partial charge in [0.25, 0.3) is 0 Å². The monoisotopic (exact) mass is 179 g/mol. The standard InChI is InChI=1S/C10H13NO2/c1-8-4-3-5-11-10(8)6-9(12)7-13-2/h3-5H,6-7H2,1-2H3. The van der Waals surface area contributed by atoms with Gasteiger partial charge in [-0.25, -0.2) is 0 Å². The maximum Gasteiger partial charge on any atom is 0.164 e. The molecule has 1 aromatic rings. The number of ketones is 1. The Morgan fingerprint density at radius 2 is 2.38 bits per heavy atom. The van der Waals surface area contributed by atoms with E-state index >= 15 is 0 Å². The number of rotatable bonds is 4. The summed E-state index contributed by atoms with van der Waals surface area (Å²) in [5, 5.41) is 0. The first-order valence-corrected chi connectivity index (χ1v) is 4.15. The van der Waals surface area contributed by atoms with Crippen LogP contribution in [0.4, 0.5) is 0 Å². The minimum absolute atomic E-state index is 0.0595. The summed E-state index contributed by atoms with van der Waals surface area (Å²) < 4.78 is 4.74. The number of carbonyl (C=O) groups is 1. The predicted molar refractivity (Wildman–Crippen MR) is 49.6 cm³/mol. The molecule has 0 radical (unpaired) electrons. The molecule has 0 fully saturated rings. The van der Waals surface area contributed by atoms with Crippen molar-refractivity contribution in [3.05, 3.63) is 29.6 Å². The molecule has 0 saturated heterocycles. The minimum Gasteiger partial charge on any atom is -0.377 e. The van der Waals surface area contributed by atoms with Gasteiger partial charge in [0.15, 0.2) is 5.78 Å². The average Bonchev–Trinajstić information content (AvgIpc) is 2.09. The van der Waals surface area contributed by atoms with Crippen molar-refractivity contribution in [1.29, 1.82) is 0 Å². The third-order valence-corrected chi connectivity index (χ3v) is 1.79. The van der Waals surface area contributed by atoms with Crippen LogP contribution in [0.1, 0.15) is 11.3 Å². The molecular weight excluding hydrogens is 166 g/mol. The molecule has 0 amide bonds. The lowest BCUT2D eigenvalue weighted by atomic mass is 10.1. The van der Waals surface area contributed by atoms with Crippen molar-refractivity contribution in [2.75, 3.05) is 13.7 Å². The summed E-state index contributed by atoms with van der Waals surface area (Å²) in [5.74, 6) is 0.0595. The quantitative estimate of drug-likeness (QED) is 0.696. The lowest BCUT2D eigenvalue weighted by Gasteiger charge is -2.02. The number of methoxy groups -OCH3 is 1. The Labute approximate surface area is 77.8 Å². The third kappa shape index (κ3) is 2.95. The van der Waals surface area contributed by atoms with E-state index in [1.54, 1.807) is 6.20 Å². The minimum atomic E-state index is 0.0595. The van der Waals surface area contributed by atoms with Gasteiger partial charge in [0.2, 0.25) is 0 Å². The summed E-state index contributed by atoms with van der Waals surface area (Å²) in [6, 6.07) is 3.81. The predicted octanol–water partition coefficient (Wildman–Crippen LogP) is 1.15. The van der Waals surface area contributed by atoms with E-state index in [2.05, 4.69) is 4.98 Å². The van der Waals surface area contributed by atoms with Crippen LogP contribution in [0.25, 0.3) is 0 Å². The van der Waals surface area contributed by atoms with Crippen molar-refractivity contribution in [3.63, 3.8) is 0 Å². The van der Waals surface area contributed by atoms with Crippen LogP contribution in [0.2, 0.25) is 0 Å².